The Balaban J connectivity index is 2.33. The monoisotopic (exact) mass is 268 g/mol. The number of carbonyl (C=O) groups is 1. The molecule has 2 rings (SSSR count). The molecule has 0 bridgehead atoms. The highest BCUT2D eigenvalue weighted by atomic mass is 35.5. The molecular weight excluding hydrogens is 252 g/mol. The molecule has 98 valence electrons. The molecule has 1 saturated heterocycles. The minimum Gasteiger partial charge on any atom is -0.508 e. The summed E-state index contributed by atoms with van der Waals surface area (Å²) >= 11 is 6.03. The van der Waals surface area contributed by atoms with E-state index in [0.717, 1.165) is 13.1 Å². The number of phenols is 1. The number of amides is 1. The second-order valence-electron chi connectivity index (χ2n) is 5.11. The number of hydrogen-bond donors (Lipinski definition) is 2. The lowest BCUT2D eigenvalue weighted by Crippen LogP contribution is -2.59. The van der Waals surface area contributed by atoms with Crippen LogP contribution in [0.15, 0.2) is 18.2 Å². The van der Waals surface area contributed by atoms with Crippen molar-refractivity contribution in [3.63, 3.8) is 0 Å². The van der Waals surface area contributed by atoms with E-state index in [-0.39, 0.29) is 17.2 Å². The van der Waals surface area contributed by atoms with Crippen LogP contribution in [0, 0.1) is 0 Å². The zero-order valence-corrected chi connectivity index (χ0v) is 11.3. The fourth-order valence-electron chi connectivity index (χ4n) is 2.18. The summed E-state index contributed by atoms with van der Waals surface area (Å²) in [5.74, 6) is -0.0851. The van der Waals surface area contributed by atoms with E-state index >= 15 is 0 Å². The molecule has 1 heterocycles. The lowest BCUT2D eigenvalue weighted by atomic mass is 9.98. The number of benzene rings is 1. The Morgan fingerprint density at radius 2 is 2.22 bits per heavy atom. The Morgan fingerprint density at radius 3 is 2.89 bits per heavy atom. The van der Waals surface area contributed by atoms with Gasteiger partial charge in [-0.1, -0.05) is 11.6 Å². The van der Waals surface area contributed by atoms with Gasteiger partial charge in [0.05, 0.1) is 16.1 Å². The van der Waals surface area contributed by atoms with Gasteiger partial charge in [-0.25, -0.2) is 0 Å². The molecule has 0 aromatic heterocycles. The van der Waals surface area contributed by atoms with Gasteiger partial charge in [0.2, 0.25) is 0 Å². The third-order valence-corrected chi connectivity index (χ3v) is 3.56. The molecule has 4 nitrogen and oxygen atoms in total. The van der Waals surface area contributed by atoms with Crippen molar-refractivity contribution in [1.82, 2.24) is 10.2 Å². The van der Waals surface area contributed by atoms with E-state index in [1.54, 1.807) is 11.0 Å². The molecule has 0 spiro atoms. The molecule has 18 heavy (non-hydrogen) atoms. The number of aromatic hydroxyl groups is 1. The summed E-state index contributed by atoms with van der Waals surface area (Å²) in [6, 6.07) is 4.43. The second-order valence-corrected chi connectivity index (χ2v) is 5.52. The molecule has 0 aliphatic carbocycles. The van der Waals surface area contributed by atoms with Crippen LogP contribution in [0.3, 0.4) is 0 Å². The molecule has 0 unspecified atom stereocenters. The van der Waals surface area contributed by atoms with E-state index in [1.807, 2.05) is 13.8 Å². The topological polar surface area (TPSA) is 52.6 Å². The molecule has 1 fully saturated rings. The molecule has 1 aromatic rings. The first-order valence-electron chi connectivity index (χ1n) is 5.93. The van der Waals surface area contributed by atoms with Gasteiger partial charge in [0.15, 0.2) is 0 Å². The van der Waals surface area contributed by atoms with Crippen LogP contribution in [-0.2, 0) is 0 Å². The number of phenolic OH excluding ortho intramolecular Hbond substituents is 1. The van der Waals surface area contributed by atoms with Gasteiger partial charge in [-0.05, 0) is 32.0 Å². The van der Waals surface area contributed by atoms with Crippen molar-refractivity contribution >= 4 is 17.5 Å². The van der Waals surface area contributed by atoms with Gasteiger partial charge in [0.25, 0.3) is 5.91 Å². The summed E-state index contributed by atoms with van der Waals surface area (Å²) in [5.41, 5.74) is 0.0936. The lowest BCUT2D eigenvalue weighted by molar-refractivity contribution is 0.0477. The maximum atomic E-state index is 12.5. The van der Waals surface area contributed by atoms with Crippen LogP contribution in [-0.4, -0.2) is 41.1 Å². The quantitative estimate of drug-likeness (QED) is 0.818. The van der Waals surface area contributed by atoms with Crippen LogP contribution in [0.1, 0.15) is 24.2 Å². The smallest absolute Gasteiger partial charge is 0.256 e. The predicted molar refractivity (Wildman–Crippen MR) is 71.1 cm³/mol. The largest absolute Gasteiger partial charge is 0.508 e. The average Bonchev–Trinajstić information content (AvgIpc) is 2.31. The van der Waals surface area contributed by atoms with Gasteiger partial charge < -0.3 is 15.3 Å². The Hall–Kier alpha value is -1.26. The van der Waals surface area contributed by atoms with Gasteiger partial charge in [-0.15, -0.1) is 0 Å². The minimum absolute atomic E-state index is 0.0516. The van der Waals surface area contributed by atoms with Crippen molar-refractivity contribution in [2.75, 3.05) is 19.6 Å². The first-order valence-corrected chi connectivity index (χ1v) is 6.31. The highest BCUT2D eigenvalue weighted by Crippen LogP contribution is 2.26. The zero-order chi connectivity index (χ0) is 13.3. The SMILES string of the molecule is CC1(C)CNCCN1C(=O)c1cc(O)ccc1Cl. The third-order valence-electron chi connectivity index (χ3n) is 3.23. The van der Waals surface area contributed by atoms with Crippen molar-refractivity contribution in [3.05, 3.63) is 28.8 Å². The van der Waals surface area contributed by atoms with Crippen LogP contribution in [0.25, 0.3) is 0 Å². The lowest BCUT2D eigenvalue weighted by Gasteiger charge is -2.43. The number of carbonyl (C=O) groups excluding carboxylic acids is 1. The Kier molecular flexibility index (Phi) is 3.50. The van der Waals surface area contributed by atoms with Gasteiger partial charge in [0, 0.05) is 19.6 Å². The van der Waals surface area contributed by atoms with Crippen LogP contribution in [0.5, 0.6) is 5.75 Å². The fourth-order valence-corrected chi connectivity index (χ4v) is 2.38. The molecule has 1 amide bonds. The highest BCUT2D eigenvalue weighted by Gasteiger charge is 2.34. The summed E-state index contributed by atoms with van der Waals surface area (Å²) < 4.78 is 0. The van der Waals surface area contributed by atoms with Gasteiger partial charge >= 0.3 is 0 Å². The average molecular weight is 269 g/mol. The van der Waals surface area contributed by atoms with Gasteiger partial charge in [-0.3, -0.25) is 4.79 Å². The molecule has 1 aromatic carbocycles. The fraction of sp³-hybridized carbons (Fsp3) is 0.462. The molecular formula is C13H17ClN2O2. The maximum absolute atomic E-state index is 12.5. The van der Waals surface area contributed by atoms with E-state index < -0.39 is 0 Å². The second kappa shape index (κ2) is 4.78. The Labute approximate surface area is 112 Å². The normalized spacial score (nSPS) is 18.7. The molecule has 5 heteroatoms. The summed E-state index contributed by atoms with van der Waals surface area (Å²) in [6.07, 6.45) is 0. The Bertz CT molecular complexity index is 474. The number of hydrogen-bond acceptors (Lipinski definition) is 3. The van der Waals surface area contributed by atoms with Crippen molar-refractivity contribution < 1.29 is 9.90 Å². The minimum atomic E-state index is -0.260. The number of nitrogens with one attached hydrogen (secondary N) is 1. The summed E-state index contributed by atoms with van der Waals surface area (Å²) in [4.78, 5) is 14.3. The molecule has 0 saturated carbocycles. The van der Waals surface area contributed by atoms with E-state index in [4.69, 9.17) is 11.6 Å². The van der Waals surface area contributed by atoms with E-state index in [1.165, 1.54) is 12.1 Å². The summed E-state index contributed by atoms with van der Waals surface area (Å²) in [5, 5.41) is 13.1. The molecule has 0 radical (unpaired) electrons. The number of halogens is 1. The van der Waals surface area contributed by atoms with Crippen LogP contribution in [0.4, 0.5) is 0 Å². The Morgan fingerprint density at radius 1 is 1.50 bits per heavy atom. The highest BCUT2D eigenvalue weighted by molar-refractivity contribution is 6.33. The van der Waals surface area contributed by atoms with Crippen LogP contribution >= 0.6 is 11.6 Å². The summed E-state index contributed by atoms with van der Waals surface area (Å²) in [7, 11) is 0. The van der Waals surface area contributed by atoms with E-state index in [9.17, 15) is 9.90 Å². The number of rotatable bonds is 1. The van der Waals surface area contributed by atoms with Gasteiger partial charge in [0.1, 0.15) is 5.75 Å². The van der Waals surface area contributed by atoms with Gasteiger partial charge in [-0.2, -0.15) is 0 Å². The van der Waals surface area contributed by atoms with E-state index in [0.29, 0.717) is 17.1 Å². The first kappa shape index (κ1) is 13.2. The van der Waals surface area contributed by atoms with Crippen molar-refractivity contribution in [2.24, 2.45) is 0 Å². The third kappa shape index (κ3) is 2.44. The molecule has 1 aliphatic rings. The molecule has 1 aliphatic heterocycles. The maximum Gasteiger partial charge on any atom is 0.256 e. The standard InChI is InChI=1S/C13H17ClN2O2/c1-13(2)8-15-5-6-16(13)12(18)10-7-9(17)3-4-11(10)14/h3-4,7,15,17H,5-6,8H2,1-2H3. The number of piperazine rings is 1. The van der Waals surface area contributed by atoms with Crippen molar-refractivity contribution in [2.45, 2.75) is 19.4 Å². The van der Waals surface area contributed by atoms with Crippen molar-refractivity contribution in [3.8, 4) is 5.75 Å². The zero-order valence-electron chi connectivity index (χ0n) is 10.5. The van der Waals surface area contributed by atoms with Crippen LogP contribution in [0.2, 0.25) is 5.02 Å². The number of nitrogens with zero attached hydrogens (tertiary/aromatic N) is 1. The predicted octanol–water partition coefficient (Wildman–Crippen LogP) is 1.87. The molecule has 0 atom stereocenters. The first-order chi connectivity index (χ1) is 8.42. The van der Waals surface area contributed by atoms with E-state index in [2.05, 4.69) is 5.32 Å². The molecule has 2 N–H and O–H groups in total. The van der Waals surface area contributed by atoms with Crippen LogP contribution < -0.4 is 5.32 Å². The summed E-state index contributed by atoms with van der Waals surface area (Å²) in [6.45, 7) is 6.17. The van der Waals surface area contributed by atoms with Crippen molar-refractivity contribution in [1.29, 1.82) is 0 Å².